The van der Waals surface area contributed by atoms with E-state index in [1.807, 2.05) is 5.32 Å². The van der Waals surface area contributed by atoms with E-state index in [0.29, 0.717) is 0 Å². The molecule has 16 heavy (non-hydrogen) atoms. The van der Waals surface area contributed by atoms with Crippen molar-refractivity contribution < 1.29 is 22.7 Å². The SMILES string of the molecule is O=C(OC1(C(F)(F)F)CN1)c1ccccc1. The lowest BCUT2D eigenvalue weighted by Gasteiger charge is -2.17. The third-order valence-corrected chi connectivity index (χ3v) is 2.23. The van der Waals surface area contributed by atoms with Crippen LogP contribution in [0, 0.1) is 0 Å². The molecule has 0 bridgehead atoms. The largest absolute Gasteiger partial charge is 0.444 e. The summed E-state index contributed by atoms with van der Waals surface area (Å²) in [6, 6.07) is 7.56. The minimum Gasteiger partial charge on any atom is -0.429 e. The fourth-order valence-electron chi connectivity index (χ4n) is 1.20. The fourth-order valence-corrected chi connectivity index (χ4v) is 1.20. The summed E-state index contributed by atoms with van der Waals surface area (Å²) < 4.78 is 41.7. The van der Waals surface area contributed by atoms with Crippen LogP contribution in [-0.4, -0.2) is 24.4 Å². The number of hydrogen-bond donors (Lipinski definition) is 1. The first-order chi connectivity index (χ1) is 7.45. The van der Waals surface area contributed by atoms with Crippen LogP contribution in [0.15, 0.2) is 30.3 Å². The van der Waals surface area contributed by atoms with Gasteiger partial charge in [-0.05, 0) is 12.1 Å². The average Bonchev–Trinajstić information content (AvgIpc) is 2.99. The predicted molar refractivity (Wildman–Crippen MR) is 48.6 cm³/mol. The molecule has 0 saturated carbocycles. The Labute approximate surface area is 89.2 Å². The molecule has 1 fully saturated rings. The van der Waals surface area contributed by atoms with Crippen LogP contribution in [0.4, 0.5) is 13.2 Å². The summed E-state index contributed by atoms with van der Waals surface area (Å²) in [5, 5.41) is 2.02. The van der Waals surface area contributed by atoms with E-state index in [-0.39, 0.29) is 5.56 Å². The maximum Gasteiger partial charge on any atom is 0.444 e. The summed E-state index contributed by atoms with van der Waals surface area (Å²) >= 11 is 0. The monoisotopic (exact) mass is 231 g/mol. The Morgan fingerprint density at radius 1 is 1.31 bits per heavy atom. The van der Waals surface area contributed by atoms with Crippen LogP contribution in [0.2, 0.25) is 0 Å². The molecule has 1 N–H and O–H groups in total. The van der Waals surface area contributed by atoms with Crippen molar-refractivity contribution in [1.29, 1.82) is 0 Å². The van der Waals surface area contributed by atoms with Gasteiger partial charge in [-0.15, -0.1) is 0 Å². The molecule has 0 amide bonds. The number of rotatable bonds is 2. The predicted octanol–water partition coefficient (Wildman–Crippen LogP) is 1.71. The quantitative estimate of drug-likeness (QED) is 0.622. The first-order valence-corrected chi connectivity index (χ1v) is 4.55. The Balaban J connectivity index is 2.10. The molecule has 3 nitrogen and oxygen atoms in total. The van der Waals surface area contributed by atoms with E-state index in [9.17, 15) is 18.0 Å². The maximum atomic E-state index is 12.4. The van der Waals surface area contributed by atoms with Crippen LogP contribution < -0.4 is 5.32 Å². The van der Waals surface area contributed by atoms with Crippen LogP contribution in [0.1, 0.15) is 10.4 Å². The smallest absolute Gasteiger partial charge is 0.429 e. The van der Waals surface area contributed by atoms with Gasteiger partial charge in [-0.25, -0.2) is 4.79 Å². The molecule has 0 spiro atoms. The van der Waals surface area contributed by atoms with Gasteiger partial charge in [0.15, 0.2) is 0 Å². The van der Waals surface area contributed by atoms with Gasteiger partial charge in [0.05, 0.1) is 12.1 Å². The number of carbonyl (C=O) groups is 1. The molecule has 2 rings (SSSR count). The summed E-state index contributed by atoms with van der Waals surface area (Å²) in [5.41, 5.74) is -2.39. The van der Waals surface area contributed by atoms with Gasteiger partial charge in [0.1, 0.15) is 0 Å². The Bertz CT molecular complexity index is 398. The number of esters is 1. The molecular weight excluding hydrogens is 223 g/mol. The number of halogens is 3. The molecule has 1 aromatic rings. The molecule has 1 aromatic carbocycles. The van der Waals surface area contributed by atoms with Gasteiger partial charge in [-0.2, -0.15) is 13.2 Å². The van der Waals surface area contributed by atoms with E-state index >= 15 is 0 Å². The van der Waals surface area contributed by atoms with Crippen molar-refractivity contribution in [3.05, 3.63) is 35.9 Å². The third kappa shape index (κ3) is 1.88. The summed E-state index contributed by atoms with van der Waals surface area (Å²) in [5.74, 6) is -0.983. The van der Waals surface area contributed by atoms with Gasteiger partial charge >= 0.3 is 12.1 Å². The molecule has 1 aliphatic rings. The molecule has 0 radical (unpaired) electrons. The van der Waals surface area contributed by atoms with E-state index in [0.717, 1.165) is 0 Å². The second-order valence-electron chi connectivity index (χ2n) is 3.43. The second-order valence-corrected chi connectivity index (χ2v) is 3.43. The Hall–Kier alpha value is -1.56. The van der Waals surface area contributed by atoms with Gasteiger partial charge in [-0.1, -0.05) is 18.2 Å². The van der Waals surface area contributed by atoms with Crippen molar-refractivity contribution in [3.63, 3.8) is 0 Å². The zero-order valence-electron chi connectivity index (χ0n) is 8.04. The zero-order chi connectivity index (χ0) is 11.8. The highest BCUT2D eigenvalue weighted by Crippen LogP contribution is 2.38. The molecule has 86 valence electrons. The van der Waals surface area contributed by atoms with E-state index in [1.165, 1.54) is 12.1 Å². The fraction of sp³-hybridized carbons (Fsp3) is 0.300. The second kappa shape index (κ2) is 3.48. The molecule has 1 saturated heterocycles. The lowest BCUT2D eigenvalue weighted by Crippen LogP contribution is -2.40. The standard InChI is InChI=1S/C10H8F3NO2/c11-10(12,13)9(6-14-9)16-8(15)7-4-2-1-3-5-7/h1-5,14H,6H2. The van der Waals surface area contributed by atoms with E-state index in [1.54, 1.807) is 18.2 Å². The van der Waals surface area contributed by atoms with E-state index in [4.69, 9.17) is 0 Å². The Morgan fingerprint density at radius 3 is 2.31 bits per heavy atom. The lowest BCUT2D eigenvalue weighted by atomic mass is 10.2. The topological polar surface area (TPSA) is 48.2 Å². The highest BCUT2D eigenvalue weighted by atomic mass is 19.4. The zero-order valence-corrected chi connectivity index (χ0v) is 8.04. The summed E-state index contributed by atoms with van der Waals surface area (Å²) in [6.45, 7) is -0.394. The van der Waals surface area contributed by atoms with Gasteiger partial charge < -0.3 is 4.74 Å². The maximum absolute atomic E-state index is 12.4. The number of ether oxygens (including phenoxy) is 1. The highest BCUT2D eigenvalue weighted by molar-refractivity contribution is 5.89. The van der Waals surface area contributed by atoms with Gasteiger partial charge in [0.25, 0.3) is 5.72 Å². The van der Waals surface area contributed by atoms with Crippen molar-refractivity contribution in [2.24, 2.45) is 0 Å². The van der Waals surface area contributed by atoms with Crippen LogP contribution >= 0.6 is 0 Å². The molecule has 1 unspecified atom stereocenters. The van der Waals surface area contributed by atoms with Crippen molar-refractivity contribution >= 4 is 5.97 Å². The minimum absolute atomic E-state index is 0.0971. The first kappa shape index (κ1) is 10.9. The van der Waals surface area contributed by atoms with Crippen molar-refractivity contribution in [2.75, 3.05) is 6.54 Å². The number of hydrogen-bond acceptors (Lipinski definition) is 3. The van der Waals surface area contributed by atoms with Crippen molar-refractivity contribution in [1.82, 2.24) is 5.32 Å². The molecule has 6 heteroatoms. The van der Waals surface area contributed by atoms with Gasteiger partial charge in [-0.3, -0.25) is 5.32 Å². The van der Waals surface area contributed by atoms with Gasteiger partial charge in [0, 0.05) is 0 Å². The number of benzene rings is 1. The Kier molecular flexibility index (Phi) is 2.38. The van der Waals surface area contributed by atoms with E-state index in [2.05, 4.69) is 4.74 Å². The average molecular weight is 231 g/mol. The van der Waals surface area contributed by atoms with Crippen molar-refractivity contribution in [2.45, 2.75) is 11.9 Å². The van der Waals surface area contributed by atoms with Gasteiger partial charge in [0.2, 0.25) is 0 Å². The Morgan fingerprint density at radius 2 is 1.88 bits per heavy atom. The number of alkyl halides is 3. The molecule has 1 heterocycles. The van der Waals surface area contributed by atoms with Crippen LogP contribution in [0.25, 0.3) is 0 Å². The van der Waals surface area contributed by atoms with Crippen LogP contribution in [0.5, 0.6) is 0 Å². The normalized spacial score (nSPS) is 23.9. The number of nitrogens with one attached hydrogen (secondary N) is 1. The lowest BCUT2D eigenvalue weighted by molar-refractivity contribution is -0.219. The minimum atomic E-state index is -4.59. The molecule has 0 aromatic heterocycles. The summed E-state index contributed by atoms with van der Waals surface area (Å²) in [7, 11) is 0. The summed E-state index contributed by atoms with van der Waals surface area (Å²) in [6.07, 6.45) is -4.59. The number of carbonyl (C=O) groups excluding carboxylic acids is 1. The first-order valence-electron chi connectivity index (χ1n) is 4.55. The van der Waals surface area contributed by atoms with Crippen molar-refractivity contribution in [3.8, 4) is 0 Å². The molecule has 1 atom stereocenters. The molecule has 1 aliphatic heterocycles. The van der Waals surface area contributed by atoms with Crippen LogP contribution in [-0.2, 0) is 4.74 Å². The summed E-state index contributed by atoms with van der Waals surface area (Å²) in [4.78, 5) is 11.4. The van der Waals surface area contributed by atoms with Crippen LogP contribution in [0.3, 0.4) is 0 Å². The molecule has 0 aliphatic carbocycles. The highest BCUT2D eigenvalue weighted by Gasteiger charge is 2.67. The molecular formula is C10H8F3NO2. The third-order valence-electron chi connectivity index (χ3n) is 2.23. The van der Waals surface area contributed by atoms with E-state index < -0.39 is 24.4 Å².